The zero-order chi connectivity index (χ0) is 29.0. The monoisotopic (exact) mass is 566 g/mol. The number of aryl methyl sites for hydroxylation is 3. The van der Waals surface area contributed by atoms with Gasteiger partial charge in [0, 0.05) is 33.2 Å². The van der Waals surface area contributed by atoms with Gasteiger partial charge in [0.25, 0.3) is 0 Å². The molecule has 0 amide bonds. The zero-order valence-electron chi connectivity index (χ0n) is 24.1. The first kappa shape index (κ1) is 26.3. The van der Waals surface area contributed by atoms with E-state index < -0.39 is 7.14 Å². The van der Waals surface area contributed by atoms with Crippen LogP contribution >= 0.6 is 7.14 Å². The molecule has 7 rings (SSSR count). The van der Waals surface area contributed by atoms with Gasteiger partial charge >= 0.3 is 0 Å². The predicted molar refractivity (Wildman–Crippen MR) is 176 cm³/mol. The summed E-state index contributed by atoms with van der Waals surface area (Å²) in [5, 5.41) is 4.51. The molecule has 0 radical (unpaired) electrons. The molecule has 7 aromatic rings. The topological polar surface area (TPSA) is 43.6 Å². The molecule has 0 fully saturated rings. The Hall–Kier alpha value is -4.66. The number of methoxy groups -OCH3 is 1. The van der Waals surface area contributed by atoms with Gasteiger partial charge in [-0.25, -0.2) is 4.98 Å². The Bertz CT molecular complexity index is 2200. The highest BCUT2D eigenvalue weighted by Gasteiger charge is 2.34. The molecule has 2 aromatic heterocycles. The van der Waals surface area contributed by atoms with Crippen LogP contribution in [0.1, 0.15) is 16.8 Å². The number of aromatic nitrogens is 2. The van der Waals surface area contributed by atoms with Gasteiger partial charge in [-0.3, -0.25) is 0 Å². The Morgan fingerprint density at radius 2 is 1.50 bits per heavy atom. The maximum Gasteiger partial charge on any atom is 0.171 e. The van der Waals surface area contributed by atoms with Crippen LogP contribution in [0, 0.1) is 20.8 Å². The molecule has 2 heterocycles. The van der Waals surface area contributed by atoms with Crippen molar-refractivity contribution < 1.29 is 9.30 Å². The number of ether oxygens (including phenoxy) is 1. The zero-order valence-corrected chi connectivity index (χ0v) is 25.0. The summed E-state index contributed by atoms with van der Waals surface area (Å²) in [6.45, 7) is 6.30. The third kappa shape index (κ3) is 3.98. The van der Waals surface area contributed by atoms with Crippen LogP contribution in [0.25, 0.3) is 38.6 Å². The van der Waals surface area contributed by atoms with Crippen molar-refractivity contribution in [1.29, 1.82) is 0 Å². The van der Waals surface area contributed by atoms with E-state index in [0.29, 0.717) is 0 Å². The molecule has 0 N–H and O–H groups in total. The molecule has 4 nitrogen and oxygen atoms in total. The highest BCUT2D eigenvalue weighted by Crippen LogP contribution is 2.48. The molecular formula is C37H31N2O2P. The van der Waals surface area contributed by atoms with Crippen molar-refractivity contribution >= 4 is 50.4 Å². The minimum Gasteiger partial charge on any atom is -0.497 e. The second kappa shape index (κ2) is 10.0. The van der Waals surface area contributed by atoms with Crippen molar-refractivity contribution in [1.82, 2.24) is 9.38 Å². The van der Waals surface area contributed by atoms with Crippen LogP contribution in [-0.2, 0) is 4.57 Å². The summed E-state index contributed by atoms with van der Waals surface area (Å²) >= 11 is 0. The molecule has 0 saturated heterocycles. The van der Waals surface area contributed by atoms with Crippen LogP contribution in [0.3, 0.4) is 0 Å². The van der Waals surface area contributed by atoms with Crippen molar-refractivity contribution in [3.05, 3.63) is 132 Å². The van der Waals surface area contributed by atoms with Gasteiger partial charge in [0.15, 0.2) is 7.14 Å². The summed E-state index contributed by atoms with van der Waals surface area (Å²) in [4.78, 5) is 5.35. The van der Waals surface area contributed by atoms with Gasteiger partial charge < -0.3 is 13.7 Å². The lowest BCUT2D eigenvalue weighted by Crippen LogP contribution is -2.27. The minimum atomic E-state index is -3.34. The number of benzene rings is 5. The lowest BCUT2D eigenvalue weighted by molar-refractivity contribution is 0.415. The molecule has 5 heteroatoms. The van der Waals surface area contributed by atoms with Gasteiger partial charge in [0.1, 0.15) is 5.75 Å². The molecule has 0 aliphatic rings. The molecule has 42 heavy (non-hydrogen) atoms. The summed E-state index contributed by atoms with van der Waals surface area (Å²) in [6, 6.07) is 38.7. The molecule has 0 aliphatic heterocycles. The maximum atomic E-state index is 15.9. The summed E-state index contributed by atoms with van der Waals surface area (Å²) in [5.41, 5.74) is 7.87. The van der Waals surface area contributed by atoms with Gasteiger partial charge in [-0.2, -0.15) is 0 Å². The van der Waals surface area contributed by atoms with E-state index in [1.54, 1.807) is 7.11 Å². The first-order chi connectivity index (χ1) is 20.4. The van der Waals surface area contributed by atoms with Gasteiger partial charge in [-0.1, -0.05) is 84.4 Å². The van der Waals surface area contributed by atoms with E-state index in [2.05, 4.69) is 73.7 Å². The molecule has 5 aromatic carbocycles. The van der Waals surface area contributed by atoms with Crippen LogP contribution in [0.5, 0.6) is 5.75 Å². The average molecular weight is 567 g/mol. The van der Waals surface area contributed by atoms with Crippen molar-refractivity contribution in [2.24, 2.45) is 0 Å². The predicted octanol–water partition coefficient (Wildman–Crippen LogP) is 7.88. The summed E-state index contributed by atoms with van der Waals surface area (Å²) < 4.78 is 23.8. The first-order valence-electron chi connectivity index (χ1n) is 14.1. The largest absolute Gasteiger partial charge is 0.497 e. The third-order valence-corrected chi connectivity index (χ3v) is 11.3. The second-order valence-corrected chi connectivity index (χ2v) is 13.7. The summed E-state index contributed by atoms with van der Waals surface area (Å²) in [6.07, 6.45) is 0. The highest BCUT2D eigenvalue weighted by molar-refractivity contribution is 7.85. The van der Waals surface area contributed by atoms with Crippen molar-refractivity contribution in [3.63, 3.8) is 0 Å². The highest BCUT2D eigenvalue weighted by atomic mass is 31.2. The Morgan fingerprint density at radius 1 is 0.738 bits per heavy atom. The summed E-state index contributed by atoms with van der Waals surface area (Å²) in [7, 11) is -1.66. The number of rotatable bonds is 5. The maximum absolute atomic E-state index is 15.9. The molecule has 0 unspecified atom stereocenters. The molecular weight excluding hydrogens is 535 g/mol. The number of nitrogens with zero attached hydrogens (tertiary/aromatic N) is 2. The number of hydrogen-bond donors (Lipinski definition) is 0. The first-order valence-corrected chi connectivity index (χ1v) is 15.8. The van der Waals surface area contributed by atoms with Crippen LogP contribution in [-0.4, -0.2) is 16.5 Å². The number of hydrogen-bond acceptors (Lipinski definition) is 3. The Balaban J connectivity index is 1.69. The second-order valence-electron chi connectivity index (χ2n) is 10.9. The van der Waals surface area contributed by atoms with Crippen molar-refractivity contribution in [3.8, 4) is 17.0 Å². The quantitative estimate of drug-likeness (QED) is 0.199. The van der Waals surface area contributed by atoms with E-state index in [1.807, 2.05) is 66.7 Å². The minimum absolute atomic E-state index is 0.781. The molecule has 0 bridgehead atoms. The van der Waals surface area contributed by atoms with Crippen LogP contribution in [0.4, 0.5) is 0 Å². The van der Waals surface area contributed by atoms with Gasteiger partial charge in [-0.05, 0) is 67.4 Å². The standard InChI is InChI=1S/C37H31N2O2P/c1-24-11-10-15-30(21-24)42(40,29-13-6-5-7-14-29)34-20-17-27-12-8-9-16-31(27)35(34)36-37-25(2)22-26(3)39(37)33-23-28(41-4)18-19-32(33)38-36/h5-23H,1-4H3/t42-/m1/s1. The lowest BCUT2D eigenvalue weighted by atomic mass is 10.00. The van der Waals surface area contributed by atoms with Crippen LogP contribution < -0.4 is 20.7 Å². The molecule has 206 valence electrons. The van der Waals surface area contributed by atoms with Crippen molar-refractivity contribution in [2.75, 3.05) is 7.11 Å². The van der Waals surface area contributed by atoms with E-state index in [9.17, 15) is 0 Å². The lowest BCUT2D eigenvalue weighted by Gasteiger charge is -2.25. The molecule has 0 spiro atoms. The van der Waals surface area contributed by atoms with Gasteiger partial charge in [0.05, 0.1) is 29.4 Å². The van der Waals surface area contributed by atoms with E-state index in [1.165, 1.54) is 0 Å². The fraction of sp³-hybridized carbons (Fsp3) is 0.108. The fourth-order valence-electron chi connectivity index (χ4n) is 6.31. The molecule has 0 saturated carbocycles. The van der Waals surface area contributed by atoms with E-state index in [0.717, 1.165) is 77.1 Å². The number of fused-ring (bicyclic) bond motifs is 4. The van der Waals surface area contributed by atoms with Crippen molar-refractivity contribution in [2.45, 2.75) is 20.8 Å². The van der Waals surface area contributed by atoms with Crippen LogP contribution in [0.15, 0.2) is 115 Å². The van der Waals surface area contributed by atoms with Gasteiger partial charge in [0.2, 0.25) is 0 Å². The third-order valence-electron chi connectivity index (χ3n) is 8.22. The SMILES string of the molecule is COc1ccc2nc(-c3c([P@@](=O)(c4ccccc4)c4cccc(C)c4)ccc4ccccc34)c3c(C)cc(C)n3c2c1. The smallest absolute Gasteiger partial charge is 0.171 e. The molecule has 0 aliphatic carbocycles. The molecule has 1 atom stereocenters. The average Bonchev–Trinajstić information content (AvgIpc) is 3.33. The summed E-state index contributed by atoms with van der Waals surface area (Å²) in [5.74, 6) is 0.781. The Morgan fingerprint density at radius 3 is 2.29 bits per heavy atom. The van der Waals surface area contributed by atoms with E-state index in [-0.39, 0.29) is 0 Å². The van der Waals surface area contributed by atoms with E-state index in [4.69, 9.17) is 9.72 Å². The fourth-order valence-corrected chi connectivity index (χ4v) is 9.27. The Kier molecular flexibility index (Phi) is 6.26. The van der Waals surface area contributed by atoms with Gasteiger partial charge in [-0.15, -0.1) is 0 Å². The Labute approximate surface area is 245 Å². The van der Waals surface area contributed by atoms with Crippen LogP contribution in [0.2, 0.25) is 0 Å². The normalized spacial score (nSPS) is 13.0. The van der Waals surface area contributed by atoms with E-state index >= 15 is 4.57 Å².